The topological polar surface area (TPSA) is 52.6 Å². The average Bonchev–Trinajstić information content (AvgIpc) is 2.39. The van der Waals surface area contributed by atoms with Crippen LogP contribution in [0.1, 0.15) is 52.4 Å². The van der Waals surface area contributed by atoms with Crippen molar-refractivity contribution in [1.82, 2.24) is 10.2 Å². The van der Waals surface area contributed by atoms with Crippen molar-refractivity contribution in [2.75, 3.05) is 13.1 Å². The molecule has 2 N–H and O–H groups in total. The van der Waals surface area contributed by atoms with Crippen LogP contribution in [-0.4, -0.2) is 41.3 Å². The van der Waals surface area contributed by atoms with Gasteiger partial charge in [-0.3, -0.25) is 0 Å². The molecule has 4 heteroatoms. The van der Waals surface area contributed by atoms with Crippen molar-refractivity contribution in [3.05, 3.63) is 0 Å². The van der Waals surface area contributed by atoms with E-state index in [-0.39, 0.29) is 12.1 Å². The van der Waals surface area contributed by atoms with Gasteiger partial charge in [-0.2, -0.15) is 0 Å². The van der Waals surface area contributed by atoms with Gasteiger partial charge in [0, 0.05) is 19.1 Å². The maximum absolute atomic E-state index is 12.3. The number of carbonyl (C=O) groups excluding carboxylic acids is 1. The first kappa shape index (κ1) is 14.6. The Kier molecular flexibility index (Phi) is 5.08. The average molecular weight is 268 g/mol. The number of urea groups is 1. The summed E-state index contributed by atoms with van der Waals surface area (Å²) in [7, 11) is 0. The summed E-state index contributed by atoms with van der Waals surface area (Å²) in [6.45, 7) is 5.77. The highest BCUT2D eigenvalue weighted by molar-refractivity contribution is 5.74. The minimum Gasteiger partial charge on any atom is -0.391 e. The Bertz CT molecular complexity index is 307. The van der Waals surface area contributed by atoms with Crippen LogP contribution < -0.4 is 5.32 Å². The molecule has 1 saturated carbocycles. The highest BCUT2D eigenvalue weighted by Crippen LogP contribution is 2.30. The molecule has 19 heavy (non-hydrogen) atoms. The fourth-order valence-corrected chi connectivity index (χ4v) is 3.53. The van der Waals surface area contributed by atoms with Crippen molar-refractivity contribution in [2.24, 2.45) is 11.8 Å². The van der Waals surface area contributed by atoms with E-state index in [1.54, 1.807) is 4.90 Å². The van der Waals surface area contributed by atoms with Crippen LogP contribution in [-0.2, 0) is 0 Å². The van der Waals surface area contributed by atoms with Gasteiger partial charge in [0.05, 0.1) is 6.10 Å². The second kappa shape index (κ2) is 6.60. The molecule has 0 spiro atoms. The summed E-state index contributed by atoms with van der Waals surface area (Å²) in [6.07, 6.45) is 6.23. The summed E-state index contributed by atoms with van der Waals surface area (Å²) in [6, 6.07) is 0.344. The number of piperidine rings is 1. The molecule has 110 valence electrons. The first-order valence-electron chi connectivity index (χ1n) is 7.81. The first-order valence-corrected chi connectivity index (χ1v) is 7.81. The van der Waals surface area contributed by atoms with Crippen LogP contribution in [0.15, 0.2) is 0 Å². The Morgan fingerprint density at radius 2 is 1.95 bits per heavy atom. The van der Waals surface area contributed by atoms with E-state index in [1.807, 2.05) is 0 Å². The predicted molar refractivity (Wildman–Crippen MR) is 75.9 cm³/mol. The first-order chi connectivity index (χ1) is 9.08. The molecule has 0 aromatic heterocycles. The Hall–Kier alpha value is -0.770. The number of likely N-dealkylation sites (tertiary alicyclic amines) is 1. The maximum atomic E-state index is 12.3. The third-order valence-corrected chi connectivity index (χ3v) is 4.67. The zero-order valence-corrected chi connectivity index (χ0v) is 12.3. The standard InChI is InChI=1S/C15H28N2O2/c1-11(2)13-7-3-4-8-14(13)16-15(19)17-9-5-6-12(18)10-17/h11-14,18H,3-10H2,1-2H3,(H,16,19). The zero-order chi connectivity index (χ0) is 13.8. The number of aliphatic hydroxyl groups excluding tert-OH is 1. The van der Waals surface area contributed by atoms with Crippen LogP contribution in [0.25, 0.3) is 0 Å². The summed E-state index contributed by atoms with van der Waals surface area (Å²) < 4.78 is 0. The van der Waals surface area contributed by atoms with E-state index in [9.17, 15) is 9.90 Å². The molecule has 1 aliphatic carbocycles. The van der Waals surface area contributed by atoms with Crippen molar-refractivity contribution < 1.29 is 9.90 Å². The molecule has 2 fully saturated rings. The molecule has 1 aliphatic heterocycles. The molecule has 0 aromatic rings. The third kappa shape index (κ3) is 3.85. The summed E-state index contributed by atoms with van der Waals surface area (Å²) >= 11 is 0. The molecule has 4 nitrogen and oxygen atoms in total. The van der Waals surface area contributed by atoms with Crippen molar-refractivity contribution in [1.29, 1.82) is 0 Å². The predicted octanol–water partition coefficient (Wildman–Crippen LogP) is 2.37. The molecule has 0 bridgehead atoms. The van der Waals surface area contributed by atoms with Crippen molar-refractivity contribution in [3.63, 3.8) is 0 Å². The molecule has 3 atom stereocenters. The summed E-state index contributed by atoms with van der Waals surface area (Å²) in [5.41, 5.74) is 0. The highest BCUT2D eigenvalue weighted by Gasteiger charge is 2.30. The lowest BCUT2D eigenvalue weighted by molar-refractivity contribution is 0.0804. The van der Waals surface area contributed by atoms with Gasteiger partial charge in [0.1, 0.15) is 0 Å². The van der Waals surface area contributed by atoms with Gasteiger partial charge in [0.25, 0.3) is 0 Å². The Morgan fingerprint density at radius 3 is 2.63 bits per heavy atom. The normalized spacial score (nSPS) is 32.4. The van der Waals surface area contributed by atoms with E-state index in [0.717, 1.165) is 25.8 Å². The lowest BCUT2D eigenvalue weighted by atomic mass is 9.78. The van der Waals surface area contributed by atoms with Gasteiger partial charge < -0.3 is 15.3 Å². The number of nitrogens with zero attached hydrogens (tertiary/aromatic N) is 1. The van der Waals surface area contributed by atoms with E-state index in [1.165, 1.54) is 19.3 Å². The molecule has 0 aromatic carbocycles. The fourth-order valence-electron chi connectivity index (χ4n) is 3.53. The van der Waals surface area contributed by atoms with Crippen molar-refractivity contribution in [3.8, 4) is 0 Å². The minimum atomic E-state index is -0.341. The smallest absolute Gasteiger partial charge is 0.317 e. The SMILES string of the molecule is CC(C)C1CCCCC1NC(=O)N1CCCC(O)C1. The van der Waals surface area contributed by atoms with Gasteiger partial charge in [-0.25, -0.2) is 4.79 Å². The number of β-amino-alcohol motifs (C(OH)–C–C–N with tert-alkyl or cyclic N) is 1. The van der Waals surface area contributed by atoms with E-state index < -0.39 is 0 Å². The Morgan fingerprint density at radius 1 is 1.21 bits per heavy atom. The van der Waals surface area contributed by atoms with E-state index in [2.05, 4.69) is 19.2 Å². The molecule has 2 rings (SSSR count). The van der Waals surface area contributed by atoms with Crippen molar-refractivity contribution in [2.45, 2.75) is 64.5 Å². The monoisotopic (exact) mass is 268 g/mol. The number of hydrogen-bond acceptors (Lipinski definition) is 2. The second-order valence-electron chi connectivity index (χ2n) is 6.49. The van der Waals surface area contributed by atoms with Crippen LogP contribution in [0.3, 0.4) is 0 Å². The molecular formula is C15H28N2O2. The number of carbonyl (C=O) groups is 1. The van der Waals surface area contributed by atoms with Crippen LogP contribution >= 0.6 is 0 Å². The number of rotatable bonds is 2. The summed E-state index contributed by atoms with van der Waals surface area (Å²) in [5.74, 6) is 1.23. The number of hydrogen-bond donors (Lipinski definition) is 2. The van der Waals surface area contributed by atoms with Crippen LogP contribution in [0, 0.1) is 11.8 Å². The molecule has 1 heterocycles. The van der Waals surface area contributed by atoms with Gasteiger partial charge in [-0.05, 0) is 37.5 Å². The molecule has 1 saturated heterocycles. The van der Waals surface area contributed by atoms with Crippen LogP contribution in [0.4, 0.5) is 4.79 Å². The number of nitrogens with one attached hydrogen (secondary N) is 1. The lowest BCUT2D eigenvalue weighted by Crippen LogP contribution is -2.52. The number of amides is 2. The quantitative estimate of drug-likeness (QED) is 0.808. The lowest BCUT2D eigenvalue weighted by Gasteiger charge is -2.37. The number of aliphatic hydroxyl groups is 1. The molecule has 3 unspecified atom stereocenters. The fraction of sp³-hybridized carbons (Fsp3) is 0.933. The third-order valence-electron chi connectivity index (χ3n) is 4.67. The van der Waals surface area contributed by atoms with Crippen LogP contribution in [0.5, 0.6) is 0 Å². The highest BCUT2D eigenvalue weighted by atomic mass is 16.3. The second-order valence-corrected chi connectivity index (χ2v) is 6.49. The van der Waals surface area contributed by atoms with E-state index in [4.69, 9.17) is 0 Å². The summed E-state index contributed by atoms with van der Waals surface area (Å²) in [5, 5.41) is 12.9. The van der Waals surface area contributed by atoms with E-state index >= 15 is 0 Å². The maximum Gasteiger partial charge on any atom is 0.317 e. The van der Waals surface area contributed by atoms with Crippen molar-refractivity contribution >= 4 is 6.03 Å². The van der Waals surface area contributed by atoms with Crippen LogP contribution in [0.2, 0.25) is 0 Å². The minimum absolute atomic E-state index is 0.0244. The van der Waals surface area contributed by atoms with E-state index in [0.29, 0.717) is 24.4 Å². The van der Waals surface area contributed by atoms with Gasteiger partial charge in [-0.1, -0.05) is 26.7 Å². The molecular weight excluding hydrogens is 240 g/mol. The zero-order valence-electron chi connectivity index (χ0n) is 12.3. The van der Waals surface area contributed by atoms with Gasteiger partial charge in [0.15, 0.2) is 0 Å². The summed E-state index contributed by atoms with van der Waals surface area (Å²) in [4.78, 5) is 14.1. The molecule has 2 aliphatic rings. The largest absolute Gasteiger partial charge is 0.391 e. The molecule has 2 amide bonds. The molecule has 0 radical (unpaired) electrons. The Balaban J connectivity index is 1.89. The van der Waals surface area contributed by atoms with Gasteiger partial charge in [-0.15, -0.1) is 0 Å². The van der Waals surface area contributed by atoms with Gasteiger partial charge >= 0.3 is 6.03 Å². The van der Waals surface area contributed by atoms with Gasteiger partial charge in [0.2, 0.25) is 0 Å². The Labute approximate surface area is 116 Å².